The van der Waals surface area contributed by atoms with E-state index in [1.165, 1.54) is 0 Å². The van der Waals surface area contributed by atoms with Crippen molar-refractivity contribution >= 4 is 7.49 Å². The summed E-state index contributed by atoms with van der Waals surface area (Å²) in [6.45, 7) is 0. The molecule has 4 N–H and O–H groups in total. The summed E-state index contributed by atoms with van der Waals surface area (Å²) in [5.41, 5.74) is 0. The van der Waals surface area contributed by atoms with Gasteiger partial charge in [-0.05, 0) is 0 Å². The van der Waals surface area contributed by atoms with Gasteiger partial charge >= 0.3 is 46.7 Å². The Bertz CT molecular complexity index is 54.0. The molecule has 0 aromatic rings. The zero-order valence-electron chi connectivity index (χ0n) is 4.41. The molecule has 0 aliphatic carbocycles. The Morgan fingerprint density at radius 2 is 1.12 bits per heavy atom. The molecule has 0 bridgehead atoms. The van der Waals surface area contributed by atoms with E-state index in [2.05, 4.69) is 0 Å². The Morgan fingerprint density at radius 3 is 1.12 bits per heavy atom. The number of hydrogen-bond acceptors (Lipinski definition) is 4. The second-order valence-corrected chi connectivity index (χ2v) is 5.10. The molecular weight excluding hydrogens is 131 g/mol. The third-order valence-corrected chi connectivity index (χ3v) is 2.65. The third-order valence-electron chi connectivity index (χ3n) is 0.883. The molecule has 4 nitrogen and oxygen atoms in total. The van der Waals surface area contributed by atoms with Gasteiger partial charge in [-0.25, -0.2) is 0 Å². The van der Waals surface area contributed by atoms with Gasteiger partial charge in [0.15, 0.2) is 0 Å². The van der Waals surface area contributed by atoms with Gasteiger partial charge in [0, 0.05) is 0 Å². The van der Waals surface area contributed by atoms with Gasteiger partial charge < -0.3 is 0 Å². The van der Waals surface area contributed by atoms with Gasteiger partial charge in [0.1, 0.15) is 0 Å². The fraction of sp³-hybridized carbons (Fsp3) is 1.00. The van der Waals surface area contributed by atoms with E-state index in [1.807, 2.05) is 0 Å². The van der Waals surface area contributed by atoms with Crippen LogP contribution in [0.2, 0.25) is 0 Å². The molecule has 0 heterocycles. The summed E-state index contributed by atoms with van der Waals surface area (Å²) < 4.78 is 0. The van der Waals surface area contributed by atoms with Crippen molar-refractivity contribution in [1.29, 1.82) is 0 Å². The summed E-state index contributed by atoms with van der Waals surface area (Å²) in [5.74, 6) is 0. The van der Waals surface area contributed by atoms with Crippen LogP contribution in [0, 0.1) is 0 Å². The van der Waals surface area contributed by atoms with Gasteiger partial charge in [-0.1, -0.05) is 0 Å². The van der Waals surface area contributed by atoms with Crippen LogP contribution in [0.4, 0.5) is 0 Å². The number of aliphatic hydroxyl groups is 3. The van der Waals surface area contributed by atoms with Gasteiger partial charge in [-0.2, -0.15) is 0 Å². The van der Waals surface area contributed by atoms with E-state index in [0.29, 0.717) is 0 Å². The molecule has 0 saturated heterocycles. The molecule has 0 aromatic heterocycles. The minimum absolute atomic E-state index is 0.486. The van der Waals surface area contributed by atoms with Crippen molar-refractivity contribution in [3.05, 3.63) is 0 Å². The SMILES string of the molecule is OC[PH](O)(CO)CO. The van der Waals surface area contributed by atoms with Crippen molar-refractivity contribution in [2.75, 3.05) is 19.0 Å². The average molecular weight is 142 g/mol. The maximum absolute atomic E-state index is 8.83. The van der Waals surface area contributed by atoms with Crippen LogP contribution in [0.5, 0.6) is 0 Å². The molecule has 0 rings (SSSR count). The fourth-order valence-electron chi connectivity index (χ4n) is 0.150. The molecule has 0 fully saturated rings. The van der Waals surface area contributed by atoms with Crippen molar-refractivity contribution in [3.63, 3.8) is 0 Å². The minimum atomic E-state index is -3.00. The van der Waals surface area contributed by atoms with Crippen molar-refractivity contribution in [2.24, 2.45) is 0 Å². The van der Waals surface area contributed by atoms with E-state index in [0.717, 1.165) is 0 Å². The molecule has 5 heteroatoms. The first-order valence-electron chi connectivity index (χ1n) is 2.23. The van der Waals surface area contributed by atoms with Crippen LogP contribution in [0.3, 0.4) is 0 Å². The zero-order chi connectivity index (χ0) is 6.62. The van der Waals surface area contributed by atoms with Crippen LogP contribution in [0.25, 0.3) is 0 Å². The van der Waals surface area contributed by atoms with Gasteiger partial charge in [0.25, 0.3) is 0 Å². The predicted octanol–water partition coefficient (Wildman–Crippen LogP) is -1.51. The summed E-state index contributed by atoms with van der Waals surface area (Å²) in [6, 6.07) is 0. The molecule has 0 aromatic carbocycles. The summed E-state index contributed by atoms with van der Waals surface area (Å²) in [6.07, 6.45) is -1.46. The third kappa shape index (κ3) is 2.03. The van der Waals surface area contributed by atoms with Crippen LogP contribution >= 0.6 is 7.49 Å². The van der Waals surface area contributed by atoms with Gasteiger partial charge in [0.05, 0.1) is 0 Å². The quantitative estimate of drug-likeness (QED) is 0.361. The molecule has 0 aliphatic rings. The first-order chi connectivity index (χ1) is 3.68. The monoisotopic (exact) mass is 142 g/mol. The Labute approximate surface area is 47.8 Å². The number of aliphatic hydroxyl groups excluding tert-OH is 3. The second kappa shape index (κ2) is 3.33. The standard InChI is InChI=1S/C3H11O4P/c4-1-8(7,2-5)3-6/h4-8H,1-3H2. The Balaban J connectivity index is 3.58. The van der Waals surface area contributed by atoms with E-state index in [4.69, 9.17) is 20.2 Å². The topological polar surface area (TPSA) is 80.9 Å². The normalized spacial score (nSPS) is 14.0. The van der Waals surface area contributed by atoms with Crippen LogP contribution in [0.15, 0.2) is 0 Å². The van der Waals surface area contributed by atoms with Crippen LogP contribution in [0.1, 0.15) is 0 Å². The molecule has 0 amide bonds. The zero-order valence-corrected chi connectivity index (χ0v) is 5.41. The molecule has 52 valence electrons. The van der Waals surface area contributed by atoms with E-state index >= 15 is 0 Å². The van der Waals surface area contributed by atoms with Crippen molar-refractivity contribution in [2.45, 2.75) is 0 Å². The Hall–Kier alpha value is 0.270. The van der Waals surface area contributed by atoms with Gasteiger partial charge in [0.2, 0.25) is 0 Å². The van der Waals surface area contributed by atoms with E-state index < -0.39 is 26.5 Å². The Kier molecular flexibility index (Phi) is 3.44. The van der Waals surface area contributed by atoms with Crippen molar-refractivity contribution in [3.8, 4) is 0 Å². The maximum atomic E-state index is 8.83. The van der Waals surface area contributed by atoms with E-state index in [-0.39, 0.29) is 0 Å². The van der Waals surface area contributed by atoms with E-state index in [1.54, 1.807) is 0 Å². The summed E-state index contributed by atoms with van der Waals surface area (Å²) >= 11 is 0. The summed E-state index contributed by atoms with van der Waals surface area (Å²) in [5, 5.41) is 24.8. The predicted molar refractivity (Wildman–Crippen MR) is 31.8 cm³/mol. The molecule has 0 radical (unpaired) electrons. The Morgan fingerprint density at radius 1 is 0.875 bits per heavy atom. The van der Waals surface area contributed by atoms with E-state index in [9.17, 15) is 0 Å². The molecule has 8 heavy (non-hydrogen) atoms. The average Bonchev–Trinajstić information content (AvgIpc) is 1.87. The molecular formula is C3H11O4P. The first kappa shape index (κ1) is 8.27. The molecule has 0 unspecified atom stereocenters. The fourth-order valence-corrected chi connectivity index (χ4v) is 0.450. The number of rotatable bonds is 3. The molecule has 0 spiro atoms. The molecule has 0 atom stereocenters. The van der Waals surface area contributed by atoms with Crippen LogP contribution in [-0.4, -0.2) is 39.3 Å². The van der Waals surface area contributed by atoms with Crippen molar-refractivity contribution in [1.82, 2.24) is 0 Å². The summed E-state index contributed by atoms with van der Waals surface area (Å²) in [4.78, 5) is 8.83. The number of hydrogen-bond donors (Lipinski definition) is 4. The van der Waals surface area contributed by atoms with Gasteiger partial charge in [-0.3, -0.25) is 0 Å². The molecule has 0 saturated carbocycles. The summed E-state index contributed by atoms with van der Waals surface area (Å²) in [7, 11) is -3.00. The van der Waals surface area contributed by atoms with Gasteiger partial charge in [-0.15, -0.1) is 0 Å². The first-order valence-corrected chi connectivity index (χ1v) is 4.80. The molecule has 0 aliphatic heterocycles. The van der Waals surface area contributed by atoms with Crippen molar-refractivity contribution < 1.29 is 20.2 Å². The second-order valence-electron chi connectivity index (χ2n) is 1.70. The van der Waals surface area contributed by atoms with Crippen LogP contribution < -0.4 is 0 Å². The van der Waals surface area contributed by atoms with Crippen LogP contribution in [-0.2, 0) is 0 Å².